The van der Waals surface area contributed by atoms with Crippen LogP contribution >= 0.6 is 11.8 Å². The summed E-state index contributed by atoms with van der Waals surface area (Å²) in [5.41, 5.74) is 4.54. The summed E-state index contributed by atoms with van der Waals surface area (Å²) in [7, 11) is 0. The van der Waals surface area contributed by atoms with Crippen LogP contribution in [0.15, 0.2) is 41.6 Å². The van der Waals surface area contributed by atoms with Gasteiger partial charge in [-0.1, -0.05) is 43.7 Å². The lowest BCUT2D eigenvalue weighted by molar-refractivity contribution is 0.278. The Morgan fingerprint density at radius 2 is 1.96 bits per heavy atom. The number of hydrogen-bond acceptors (Lipinski definition) is 6. The van der Waals surface area contributed by atoms with Crippen molar-refractivity contribution in [1.82, 2.24) is 15.0 Å². The van der Waals surface area contributed by atoms with Gasteiger partial charge in [0.15, 0.2) is 11.6 Å². The predicted octanol–water partition coefficient (Wildman–Crippen LogP) is 4.93. The molecule has 0 fully saturated rings. The molecule has 1 aliphatic rings. The molecule has 0 amide bonds. The van der Waals surface area contributed by atoms with E-state index in [0.717, 1.165) is 51.6 Å². The second kappa shape index (κ2) is 8.29. The lowest BCUT2D eigenvalue weighted by atomic mass is 9.99. The molecule has 6 heteroatoms. The predicted molar refractivity (Wildman–Crippen MR) is 111 cm³/mol. The zero-order valence-corrected chi connectivity index (χ0v) is 16.9. The van der Waals surface area contributed by atoms with E-state index in [0.29, 0.717) is 23.9 Å². The molecule has 1 aliphatic heterocycles. The van der Waals surface area contributed by atoms with Gasteiger partial charge in [0.25, 0.3) is 0 Å². The topological polar surface area (TPSA) is 68.1 Å². The number of benzene rings is 1. The summed E-state index contributed by atoms with van der Waals surface area (Å²) in [5, 5.41) is 10.7. The van der Waals surface area contributed by atoms with Crippen molar-refractivity contribution in [3.8, 4) is 23.0 Å². The van der Waals surface area contributed by atoms with E-state index in [1.54, 1.807) is 18.0 Å². The highest BCUT2D eigenvalue weighted by atomic mass is 32.2. The molecule has 0 saturated heterocycles. The summed E-state index contributed by atoms with van der Waals surface area (Å²) < 4.78 is 6.22. The third-order valence-electron chi connectivity index (χ3n) is 4.83. The maximum absolute atomic E-state index is 9.74. The maximum atomic E-state index is 9.74. The molecule has 0 radical (unpaired) electrons. The number of unbranched alkanes of at least 4 members (excludes halogenated alkanes) is 1. The summed E-state index contributed by atoms with van der Waals surface area (Å²) in [6.45, 7) is 4.05. The first-order valence-electron chi connectivity index (χ1n) is 9.56. The third-order valence-corrected chi connectivity index (χ3v) is 5.93. The van der Waals surface area contributed by atoms with Gasteiger partial charge in [-0.05, 0) is 19.1 Å². The van der Waals surface area contributed by atoms with E-state index in [4.69, 9.17) is 14.7 Å². The molecule has 4 rings (SSSR count). The van der Waals surface area contributed by atoms with E-state index in [9.17, 15) is 5.11 Å². The van der Waals surface area contributed by atoms with Gasteiger partial charge < -0.3 is 9.84 Å². The van der Waals surface area contributed by atoms with Gasteiger partial charge in [0.1, 0.15) is 5.03 Å². The van der Waals surface area contributed by atoms with Crippen molar-refractivity contribution in [1.29, 1.82) is 0 Å². The highest BCUT2D eigenvalue weighted by Gasteiger charge is 2.27. The lowest BCUT2D eigenvalue weighted by Gasteiger charge is -2.24. The molecule has 0 spiro atoms. The molecular formula is C22H23N3O2S. The van der Waals surface area contributed by atoms with Crippen LogP contribution in [0.4, 0.5) is 0 Å². The number of aliphatic hydroxyl groups is 1. The summed E-state index contributed by atoms with van der Waals surface area (Å²) in [6, 6.07) is 9.97. The molecule has 3 aromatic rings. The molecule has 1 N–H and O–H groups in total. The molecule has 28 heavy (non-hydrogen) atoms. The number of aromatic nitrogens is 3. The number of aryl methyl sites for hydroxylation is 1. The first-order chi connectivity index (χ1) is 13.7. The van der Waals surface area contributed by atoms with E-state index in [2.05, 4.69) is 11.9 Å². The Bertz CT molecular complexity index is 993. The van der Waals surface area contributed by atoms with Crippen LogP contribution in [0.1, 0.15) is 42.1 Å². The van der Waals surface area contributed by atoms with Gasteiger partial charge in [-0.25, -0.2) is 4.98 Å². The standard InChI is InChI=1S/C22H23N3O2S/c1-3-4-10-28-22-18-11-17-16(13-26)12-23-14(2)19(17)27-21(18)24-20(25-22)15-8-6-5-7-9-15/h5-9,12,26H,3-4,10-11,13H2,1-2H3. The Morgan fingerprint density at radius 3 is 2.71 bits per heavy atom. The first kappa shape index (κ1) is 18.9. The number of pyridine rings is 1. The number of nitrogens with zero attached hydrogens (tertiary/aromatic N) is 3. The Labute approximate surface area is 169 Å². The second-order valence-corrected chi connectivity index (χ2v) is 7.90. The fourth-order valence-corrected chi connectivity index (χ4v) is 4.35. The monoisotopic (exact) mass is 393 g/mol. The minimum absolute atomic E-state index is 0.0599. The van der Waals surface area contributed by atoms with Gasteiger partial charge in [0.05, 0.1) is 17.9 Å². The van der Waals surface area contributed by atoms with Gasteiger partial charge in [-0.3, -0.25) is 4.98 Å². The average molecular weight is 394 g/mol. The highest BCUT2D eigenvalue weighted by molar-refractivity contribution is 7.99. The van der Waals surface area contributed by atoms with Gasteiger partial charge in [-0.2, -0.15) is 4.98 Å². The van der Waals surface area contributed by atoms with Crippen molar-refractivity contribution in [3.63, 3.8) is 0 Å². The quantitative estimate of drug-likeness (QED) is 0.285. The SMILES string of the molecule is CCCCSc1nc(-c2ccccc2)nc2c1Cc1c(CO)cnc(C)c1O2. The third kappa shape index (κ3) is 3.62. The van der Waals surface area contributed by atoms with Crippen molar-refractivity contribution in [2.75, 3.05) is 5.75 Å². The number of aliphatic hydroxyl groups excluding tert-OH is 1. The van der Waals surface area contributed by atoms with Gasteiger partial charge in [0.2, 0.25) is 5.88 Å². The maximum Gasteiger partial charge on any atom is 0.227 e. The van der Waals surface area contributed by atoms with Crippen LogP contribution in [0.2, 0.25) is 0 Å². The summed E-state index contributed by atoms with van der Waals surface area (Å²) in [5.74, 6) is 2.98. The van der Waals surface area contributed by atoms with Crippen molar-refractivity contribution in [2.45, 2.75) is 44.7 Å². The normalized spacial score (nSPS) is 12.2. The fourth-order valence-electron chi connectivity index (χ4n) is 3.24. The lowest BCUT2D eigenvalue weighted by Crippen LogP contribution is -2.13. The molecule has 2 aromatic heterocycles. The van der Waals surface area contributed by atoms with Crippen molar-refractivity contribution < 1.29 is 9.84 Å². The highest BCUT2D eigenvalue weighted by Crippen LogP contribution is 2.42. The number of fused-ring (bicyclic) bond motifs is 2. The van der Waals surface area contributed by atoms with Crippen LogP contribution in [0, 0.1) is 6.92 Å². The number of ether oxygens (including phenoxy) is 1. The molecule has 1 aromatic carbocycles. The van der Waals surface area contributed by atoms with Crippen molar-refractivity contribution >= 4 is 11.8 Å². The Hall–Kier alpha value is -2.44. The van der Waals surface area contributed by atoms with Crippen LogP contribution in [-0.2, 0) is 13.0 Å². The molecule has 0 bridgehead atoms. The van der Waals surface area contributed by atoms with Crippen LogP contribution in [-0.4, -0.2) is 25.8 Å². The molecule has 0 atom stereocenters. The average Bonchev–Trinajstić information content (AvgIpc) is 2.74. The Morgan fingerprint density at radius 1 is 1.14 bits per heavy atom. The first-order valence-corrected chi connectivity index (χ1v) is 10.5. The zero-order valence-electron chi connectivity index (χ0n) is 16.1. The molecular weight excluding hydrogens is 370 g/mol. The largest absolute Gasteiger partial charge is 0.436 e. The minimum atomic E-state index is -0.0599. The Balaban J connectivity index is 1.81. The Kier molecular flexibility index (Phi) is 5.59. The molecule has 3 heterocycles. The van der Waals surface area contributed by atoms with E-state index >= 15 is 0 Å². The zero-order chi connectivity index (χ0) is 19.5. The van der Waals surface area contributed by atoms with E-state index in [-0.39, 0.29) is 6.61 Å². The molecule has 5 nitrogen and oxygen atoms in total. The second-order valence-electron chi connectivity index (χ2n) is 6.82. The number of rotatable bonds is 6. The molecule has 0 saturated carbocycles. The molecule has 0 aliphatic carbocycles. The smallest absolute Gasteiger partial charge is 0.227 e. The van der Waals surface area contributed by atoms with Gasteiger partial charge >= 0.3 is 0 Å². The molecule has 144 valence electrons. The van der Waals surface area contributed by atoms with E-state index in [1.807, 2.05) is 37.3 Å². The van der Waals surface area contributed by atoms with Gasteiger partial charge in [-0.15, -0.1) is 11.8 Å². The van der Waals surface area contributed by atoms with Gasteiger partial charge in [0, 0.05) is 29.3 Å². The summed E-state index contributed by atoms with van der Waals surface area (Å²) >= 11 is 1.75. The van der Waals surface area contributed by atoms with Crippen LogP contribution < -0.4 is 4.74 Å². The summed E-state index contributed by atoms with van der Waals surface area (Å²) in [4.78, 5) is 14.0. The van der Waals surface area contributed by atoms with Crippen LogP contribution in [0.5, 0.6) is 11.6 Å². The van der Waals surface area contributed by atoms with E-state index < -0.39 is 0 Å². The fraction of sp³-hybridized carbons (Fsp3) is 0.318. The van der Waals surface area contributed by atoms with Crippen LogP contribution in [0.25, 0.3) is 11.4 Å². The minimum Gasteiger partial charge on any atom is -0.436 e. The van der Waals surface area contributed by atoms with Crippen LogP contribution in [0.3, 0.4) is 0 Å². The van der Waals surface area contributed by atoms with E-state index in [1.165, 1.54) is 0 Å². The molecule has 0 unspecified atom stereocenters. The number of thioether (sulfide) groups is 1. The summed E-state index contributed by atoms with van der Waals surface area (Å²) in [6.07, 6.45) is 4.65. The van der Waals surface area contributed by atoms with Crippen molar-refractivity contribution in [3.05, 3.63) is 58.9 Å². The van der Waals surface area contributed by atoms with Crippen molar-refractivity contribution in [2.24, 2.45) is 0 Å². The number of hydrogen-bond donors (Lipinski definition) is 1.